The lowest BCUT2D eigenvalue weighted by Crippen LogP contribution is -2.51. The van der Waals surface area contributed by atoms with Gasteiger partial charge in [-0.1, -0.05) is 48.0 Å². The molecule has 0 spiro atoms. The Morgan fingerprint density at radius 3 is 2.47 bits per heavy atom. The maximum atomic E-state index is 13.1. The van der Waals surface area contributed by atoms with Gasteiger partial charge in [-0.15, -0.1) is 0 Å². The van der Waals surface area contributed by atoms with Crippen molar-refractivity contribution in [1.29, 1.82) is 0 Å². The average Bonchev–Trinajstić information content (AvgIpc) is 2.74. The van der Waals surface area contributed by atoms with Gasteiger partial charge in [-0.05, 0) is 24.6 Å². The van der Waals surface area contributed by atoms with Crippen LogP contribution in [0.3, 0.4) is 0 Å². The monoisotopic (exact) mass is 429 g/mol. The SMILES string of the molecule is Cc1ccc(S(=O)(=O)N2C=CNC(=O)[C@H]2CC(=O)N[C@H](CO)c2ccccc2)cc1. The minimum absolute atomic E-state index is 0.0235. The van der Waals surface area contributed by atoms with Gasteiger partial charge < -0.3 is 15.7 Å². The van der Waals surface area contributed by atoms with E-state index < -0.39 is 40.3 Å². The van der Waals surface area contributed by atoms with Gasteiger partial charge in [-0.25, -0.2) is 8.42 Å². The molecule has 0 unspecified atom stereocenters. The van der Waals surface area contributed by atoms with Crippen molar-refractivity contribution in [2.45, 2.75) is 30.3 Å². The zero-order chi connectivity index (χ0) is 21.7. The lowest BCUT2D eigenvalue weighted by Gasteiger charge is -2.31. The topological polar surface area (TPSA) is 116 Å². The highest BCUT2D eigenvalue weighted by Gasteiger charge is 2.37. The number of aliphatic hydroxyl groups is 1. The molecule has 0 aromatic heterocycles. The Balaban J connectivity index is 1.80. The summed E-state index contributed by atoms with van der Waals surface area (Å²) in [5.41, 5.74) is 1.60. The van der Waals surface area contributed by atoms with E-state index in [0.717, 1.165) is 9.87 Å². The Labute approximate surface area is 175 Å². The quantitative estimate of drug-likeness (QED) is 0.612. The zero-order valence-electron chi connectivity index (χ0n) is 16.4. The molecule has 30 heavy (non-hydrogen) atoms. The molecular weight excluding hydrogens is 406 g/mol. The van der Waals surface area contributed by atoms with Crippen LogP contribution < -0.4 is 10.6 Å². The normalized spacial score (nSPS) is 17.3. The van der Waals surface area contributed by atoms with Crippen LogP contribution >= 0.6 is 0 Å². The number of aryl methyl sites for hydroxylation is 1. The van der Waals surface area contributed by atoms with Crippen LogP contribution in [-0.2, 0) is 19.6 Å². The number of carbonyl (C=O) groups is 2. The third-order valence-electron chi connectivity index (χ3n) is 4.75. The van der Waals surface area contributed by atoms with Crippen LogP contribution in [0.15, 0.2) is 71.9 Å². The number of carbonyl (C=O) groups excluding carboxylic acids is 2. The number of benzene rings is 2. The number of amides is 2. The van der Waals surface area contributed by atoms with Gasteiger partial charge in [0.25, 0.3) is 10.0 Å². The van der Waals surface area contributed by atoms with Gasteiger partial charge in [0, 0.05) is 12.4 Å². The minimum atomic E-state index is -4.04. The summed E-state index contributed by atoms with van der Waals surface area (Å²) in [7, 11) is -4.04. The van der Waals surface area contributed by atoms with E-state index in [1.54, 1.807) is 36.4 Å². The van der Waals surface area contributed by atoms with Crippen LogP contribution in [0.5, 0.6) is 0 Å². The molecule has 0 saturated heterocycles. The van der Waals surface area contributed by atoms with Crippen molar-refractivity contribution in [3.05, 3.63) is 78.1 Å². The number of hydrogen-bond acceptors (Lipinski definition) is 5. The van der Waals surface area contributed by atoms with E-state index in [1.165, 1.54) is 24.5 Å². The van der Waals surface area contributed by atoms with Crippen LogP contribution in [0.2, 0.25) is 0 Å². The van der Waals surface area contributed by atoms with Crippen LogP contribution in [0.4, 0.5) is 0 Å². The molecule has 2 amide bonds. The first-order chi connectivity index (χ1) is 14.3. The molecule has 3 N–H and O–H groups in total. The third-order valence-corrected chi connectivity index (χ3v) is 6.55. The summed E-state index contributed by atoms with van der Waals surface area (Å²) in [6.45, 7) is 1.50. The van der Waals surface area contributed by atoms with Crippen molar-refractivity contribution < 1.29 is 23.1 Å². The summed E-state index contributed by atoms with van der Waals surface area (Å²) in [6, 6.07) is 13.2. The van der Waals surface area contributed by atoms with Crippen molar-refractivity contribution >= 4 is 21.8 Å². The Hall–Kier alpha value is -3.17. The van der Waals surface area contributed by atoms with E-state index >= 15 is 0 Å². The maximum absolute atomic E-state index is 13.1. The fourth-order valence-corrected chi connectivity index (χ4v) is 4.57. The van der Waals surface area contributed by atoms with Gasteiger partial charge in [0.15, 0.2) is 0 Å². The Morgan fingerprint density at radius 2 is 1.83 bits per heavy atom. The molecule has 1 aliphatic heterocycles. The summed E-state index contributed by atoms with van der Waals surface area (Å²) >= 11 is 0. The first kappa shape index (κ1) is 21.5. The van der Waals surface area contributed by atoms with Crippen molar-refractivity contribution in [3.63, 3.8) is 0 Å². The Morgan fingerprint density at radius 1 is 1.17 bits per heavy atom. The number of nitrogens with one attached hydrogen (secondary N) is 2. The van der Waals surface area contributed by atoms with E-state index in [0.29, 0.717) is 5.56 Å². The van der Waals surface area contributed by atoms with E-state index in [-0.39, 0.29) is 11.5 Å². The Bertz CT molecular complexity index is 1040. The fraction of sp³-hybridized carbons (Fsp3) is 0.238. The molecular formula is C21H23N3O5S. The predicted molar refractivity (Wildman–Crippen MR) is 110 cm³/mol. The molecule has 8 nitrogen and oxygen atoms in total. The summed E-state index contributed by atoms with van der Waals surface area (Å²) in [4.78, 5) is 25.0. The largest absolute Gasteiger partial charge is 0.394 e. The lowest BCUT2D eigenvalue weighted by molar-refractivity contribution is -0.130. The molecule has 2 atom stereocenters. The van der Waals surface area contributed by atoms with Crippen LogP contribution in [-0.4, -0.2) is 42.3 Å². The van der Waals surface area contributed by atoms with E-state index in [1.807, 2.05) is 13.0 Å². The van der Waals surface area contributed by atoms with Gasteiger partial charge in [0.05, 0.1) is 24.0 Å². The van der Waals surface area contributed by atoms with Crippen molar-refractivity contribution in [1.82, 2.24) is 14.9 Å². The summed E-state index contributed by atoms with van der Waals surface area (Å²) in [5.74, 6) is -1.17. The van der Waals surface area contributed by atoms with E-state index in [4.69, 9.17) is 0 Å². The fourth-order valence-electron chi connectivity index (χ4n) is 3.12. The highest BCUT2D eigenvalue weighted by Crippen LogP contribution is 2.23. The molecule has 1 heterocycles. The smallest absolute Gasteiger partial charge is 0.264 e. The molecule has 2 aromatic rings. The summed E-state index contributed by atoms with van der Waals surface area (Å²) < 4.78 is 27.0. The first-order valence-electron chi connectivity index (χ1n) is 9.35. The van der Waals surface area contributed by atoms with E-state index in [9.17, 15) is 23.1 Å². The van der Waals surface area contributed by atoms with Crippen LogP contribution in [0.1, 0.15) is 23.6 Å². The molecule has 0 saturated carbocycles. The van der Waals surface area contributed by atoms with Gasteiger partial charge in [-0.2, -0.15) is 0 Å². The zero-order valence-corrected chi connectivity index (χ0v) is 17.2. The number of rotatable bonds is 7. The molecule has 1 aliphatic rings. The maximum Gasteiger partial charge on any atom is 0.264 e. The number of hydrogen-bond donors (Lipinski definition) is 3. The summed E-state index contributed by atoms with van der Waals surface area (Å²) in [6.07, 6.45) is 2.06. The van der Waals surface area contributed by atoms with Crippen molar-refractivity contribution in [2.24, 2.45) is 0 Å². The second-order valence-corrected chi connectivity index (χ2v) is 8.75. The van der Waals surface area contributed by atoms with Crippen LogP contribution in [0.25, 0.3) is 0 Å². The highest BCUT2D eigenvalue weighted by atomic mass is 32.2. The molecule has 3 rings (SSSR count). The minimum Gasteiger partial charge on any atom is -0.394 e. The van der Waals surface area contributed by atoms with Crippen LogP contribution in [0, 0.1) is 6.92 Å². The molecule has 0 fully saturated rings. The standard InChI is InChI=1S/C21H23N3O5S/c1-15-7-9-17(10-8-15)30(28,29)24-12-11-22-21(27)19(24)13-20(26)23-18(14-25)16-5-3-2-4-6-16/h2-12,18-19,25H,13-14H2,1H3,(H,22,27)(H,23,26)/t18-,19-/m1/s1. The predicted octanol–water partition coefficient (Wildman–Crippen LogP) is 1.20. The summed E-state index contributed by atoms with van der Waals surface area (Å²) in [5, 5.41) is 14.7. The van der Waals surface area contributed by atoms with Gasteiger partial charge in [-0.3, -0.25) is 13.9 Å². The number of aliphatic hydroxyl groups excluding tert-OH is 1. The van der Waals surface area contributed by atoms with Crippen molar-refractivity contribution in [3.8, 4) is 0 Å². The van der Waals surface area contributed by atoms with Gasteiger partial charge in [0.1, 0.15) is 6.04 Å². The molecule has 2 aromatic carbocycles. The lowest BCUT2D eigenvalue weighted by atomic mass is 10.1. The molecule has 0 bridgehead atoms. The van der Waals surface area contributed by atoms with Gasteiger partial charge >= 0.3 is 0 Å². The molecule has 9 heteroatoms. The number of sulfonamides is 1. The van der Waals surface area contributed by atoms with Crippen molar-refractivity contribution in [2.75, 3.05) is 6.61 Å². The average molecular weight is 429 g/mol. The molecule has 158 valence electrons. The second kappa shape index (κ2) is 9.10. The second-order valence-electron chi connectivity index (χ2n) is 6.91. The Kier molecular flexibility index (Phi) is 6.53. The third kappa shape index (κ3) is 4.69. The van der Waals surface area contributed by atoms with Gasteiger partial charge in [0.2, 0.25) is 11.8 Å². The number of nitrogens with zero attached hydrogens (tertiary/aromatic N) is 1. The highest BCUT2D eigenvalue weighted by molar-refractivity contribution is 7.89. The molecule has 0 aliphatic carbocycles. The van der Waals surface area contributed by atoms with E-state index in [2.05, 4.69) is 10.6 Å². The first-order valence-corrected chi connectivity index (χ1v) is 10.8. The molecule has 0 radical (unpaired) electrons.